The summed E-state index contributed by atoms with van der Waals surface area (Å²) in [7, 11) is 0. The summed E-state index contributed by atoms with van der Waals surface area (Å²) in [4.78, 5) is 26.8. The molecule has 0 saturated carbocycles. The van der Waals surface area contributed by atoms with Gasteiger partial charge in [-0.1, -0.05) is 6.07 Å². The molecule has 4 heterocycles. The van der Waals surface area contributed by atoms with Crippen LogP contribution in [0.3, 0.4) is 0 Å². The Morgan fingerprint density at radius 2 is 1.87 bits per heavy atom. The molecule has 0 atom stereocenters. The number of fused-ring (bicyclic) bond motifs is 1. The number of aromatic amines is 1. The number of carbonyl (C=O) groups is 1. The molecule has 0 spiro atoms. The van der Waals surface area contributed by atoms with Crippen LogP contribution < -0.4 is 4.90 Å². The fourth-order valence-electron chi connectivity index (χ4n) is 4.02. The summed E-state index contributed by atoms with van der Waals surface area (Å²) in [6.45, 7) is 1.60. The maximum Gasteiger partial charge on any atom is 0.198 e. The van der Waals surface area contributed by atoms with Gasteiger partial charge in [0.25, 0.3) is 0 Å². The van der Waals surface area contributed by atoms with Crippen LogP contribution in [-0.2, 0) is 0 Å². The van der Waals surface area contributed by atoms with Gasteiger partial charge in [0.15, 0.2) is 11.6 Å². The van der Waals surface area contributed by atoms with Crippen molar-refractivity contribution in [2.24, 2.45) is 0 Å². The summed E-state index contributed by atoms with van der Waals surface area (Å²) in [5.74, 6) is -0.870. The number of pyridine rings is 2. The number of ketones is 1. The van der Waals surface area contributed by atoms with E-state index in [0.717, 1.165) is 37.1 Å². The lowest BCUT2D eigenvalue weighted by Crippen LogP contribution is -2.20. The van der Waals surface area contributed by atoms with Crippen molar-refractivity contribution < 1.29 is 9.18 Å². The van der Waals surface area contributed by atoms with E-state index in [1.165, 1.54) is 6.07 Å². The van der Waals surface area contributed by atoms with Gasteiger partial charge in [0, 0.05) is 53.8 Å². The summed E-state index contributed by atoms with van der Waals surface area (Å²) in [6.07, 6.45) is 6.89. The van der Waals surface area contributed by atoms with E-state index in [4.69, 9.17) is 5.26 Å². The number of nitrogens with one attached hydrogen (secondary N) is 1. The number of halogens is 1. The zero-order valence-electron chi connectivity index (χ0n) is 16.6. The largest absolute Gasteiger partial charge is 0.369 e. The van der Waals surface area contributed by atoms with Gasteiger partial charge in [-0.3, -0.25) is 4.79 Å². The Balaban J connectivity index is 1.55. The number of rotatable bonds is 4. The molecule has 1 fully saturated rings. The highest BCUT2D eigenvalue weighted by Crippen LogP contribution is 2.30. The van der Waals surface area contributed by atoms with Crippen LogP contribution in [0.5, 0.6) is 0 Å². The molecule has 1 aliphatic rings. The van der Waals surface area contributed by atoms with E-state index in [9.17, 15) is 4.79 Å². The molecule has 1 aromatic carbocycles. The van der Waals surface area contributed by atoms with E-state index < -0.39 is 5.82 Å². The van der Waals surface area contributed by atoms with Crippen LogP contribution in [0.2, 0.25) is 0 Å². The van der Waals surface area contributed by atoms with Crippen molar-refractivity contribution >= 4 is 22.5 Å². The van der Waals surface area contributed by atoms with Crippen molar-refractivity contribution in [3.8, 4) is 17.2 Å². The number of carbonyl (C=O) groups excluding carboxylic acids is 1. The highest BCUT2D eigenvalue weighted by Gasteiger charge is 2.23. The smallest absolute Gasteiger partial charge is 0.198 e. The molecule has 0 amide bonds. The first-order valence-electron chi connectivity index (χ1n) is 10.1. The number of benzene rings is 1. The Kier molecular flexibility index (Phi) is 4.68. The number of H-pyrrole nitrogens is 1. The van der Waals surface area contributed by atoms with Gasteiger partial charge < -0.3 is 9.88 Å². The van der Waals surface area contributed by atoms with Crippen molar-refractivity contribution in [1.29, 1.82) is 5.26 Å². The second-order valence-electron chi connectivity index (χ2n) is 7.53. The molecule has 5 rings (SSSR count). The Morgan fingerprint density at radius 1 is 1.06 bits per heavy atom. The average molecular weight is 411 g/mol. The maximum atomic E-state index is 15.3. The minimum atomic E-state index is -0.482. The van der Waals surface area contributed by atoms with Crippen LogP contribution in [-0.4, -0.2) is 33.8 Å². The number of hydrogen-bond donors (Lipinski definition) is 1. The number of aromatic nitrogens is 3. The third kappa shape index (κ3) is 3.32. The van der Waals surface area contributed by atoms with Crippen molar-refractivity contribution in [3.63, 3.8) is 0 Å². The third-order valence-electron chi connectivity index (χ3n) is 5.66. The van der Waals surface area contributed by atoms with Crippen LogP contribution in [0.4, 0.5) is 10.1 Å². The highest BCUT2D eigenvalue weighted by molar-refractivity contribution is 6.16. The Labute approximate surface area is 178 Å². The molecular weight excluding hydrogens is 393 g/mol. The van der Waals surface area contributed by atoms with Gasteiger partial charge in [-0.15, -0.1) is 0 Å². The number of nitrogens with zero attached hydrogens (tertiary/aromatic N) is 4. The molecule has 3 aromatic heterocycles. The van der Waals surface area contributed by atoms with Crippen LogP contribution in [0.15, 0.2) is 55.0 Å². The zero-order valence-corrected chi connectivity index (χ0v) is 16.6. The second kappa shape index (κ2) is 7.65. The molecule has 0 unspecified atom stereocenters. The summed E-state index contributed by atoms with van der Waals surface area (Å²) in [6, 6.07) is 12.2. The lowest BCUT2D eigenvalue weighted by Gasteiger charge is -2.19. The molecule has 0 bridgehead atoms. The number of nitriles is 1. The molecule has 4 aromatic rings. The average Bonchev–Trinajstić information content (AvgIpc) is 3.49. The Hall–Kier alpha value is -4.05. The minimum Gasteiger partial charge on any atom is -0.369 e. The number of anilines is 1. The summed E-state index contributed by atoms with van der Waals surface area (Å²) >= 11 is 0. The number of hydrogen-bond acceptors (Lipinski definition) is 5. The molecule has 1 saturated heterocycles. The topological polar surface area (TPSA) is 85.7 Å². The van der Waals surface area contributed by atoms with E-state index in [1.807, 2.05) is 17.0 Å². The monoisotopic (exact) mass is 411 g/mol. The van der Waals surface area contributed by atoms with Crippen LogP contribution >= 0.6 is 0 Å². The van der Waals surface area contributed by atoms with Crippen LogP contribution in [0.1, 0.15) is 34.5 Å². The van der Waals surface area contributed by atoms with Crippen molar-refractivity contribution in [2.75, 3.05) is 18.0 Å². The second-order valence-corrected chi connectivity index (χ2v) is 7.53. The molecule has 31 heavy (non-hydrogen) atoms. The molecule has 1 N–H and O–H groups in total. The van der Waals surface area contributed by atoms with E-state index in [-0.39, 0.29) is 11.3 Å². The van der Waals surface area contributed by atoms with E-state index in [1.54, 1.807) is 42.9 Å². The molecular formula is C24H18FN5O. The first-order valence-corrected chi connectivity index (χ1v) is 10.1. The highest BCUT2D eigenvalue weighted by atomic mass is 19.1. The van der Waals surface area contributed by atoms with Crippen molar-refractivity contribution in [3.05, 3.63) is 77.6 Å². The van der Waals surface area contributed by atoms with Gasteiger partial charge in [-0.2, -0.15) is 5.26 Å². The lowest BCUT2D eigenvalue weighted by atomic mass is 10.0. The fourth-order valence-corrected chi connectivity index (χ4v) is 4.02. The molecule has 7 heteroatoms. The predicted molar refractivity (Wildman–Crippen MR) is 115 cm³/mol. The summed E-state index contributed by atoms with van der Waals surface area (Å²) < 4.78 is 15.3. The van der Waals surface area contributed by atoms with Gasteiger partial charge in [-0.05, 0) is 43.2 Å². The SMILES string of the molecule is N#Cc1ccc(-c2cnc3[nH]cc(C(=O)c4cccc(N5CCCC5)c4F)c3c2)cn1. The fraction of sp³-hybridized carbons (Fsp3) is 0.167. The van der Waals surface area contributed by atoms with Crippen LogP contribution in [0, 0.1) is 17.1 Å². The predicted octanol–water partition coefficient (Wildman–Crippen LogP) is 4.47. The van der Waals surface area contributed by atoms with Crippen molar-refractivity contribution in [2.45, 2.75) is 12.8 Å². The van der Waals surface area contributed by atoms with Gasteiger partial charge in [-0.25, -0.2) is 14.4 Å². The minimum absolute atomic E-state index is 0.0516. The van der Waals surface area contributed by atoms with E-state index >= 15 is 4.39 Å². The quantitative estimate of drug-likeness (QED) is 0.501. The Bertz CT molecular complexity index is 1330. The van der Waals surface area contributed by atoms with Crippen molar-refractivity contribution in [1.82, 2.24) is 15.0 Å². The first-order chi connectivity index (χ1) is 15.2. The third-order valence-corrected chi connectivity index (χ3v) is 5.66. The standard InChI is InChI=1S/C24H18FN5O/c25-22-18(4-3-5-21(22)30-8-1-2-9-30)23(31)20-14-29-24-19(20)10-16(13-28-24)15-6-7-17(11-26)27-12-15/h3-7,10,12-14H,1-2,8-9H2,(H,28,29). The van der Waals surface area contributed by atoms with Gasteiger partial charge >= 0.3 is 0 Å². The van der Waals surface area contributed by atoms with E-state index in [0.29, 0.717) is 28.0 Å². The van der Waals surface area contributed by atoms with E-state index in [2.05, 4.69) is 15.0 Å². The first kappa shape index (κ1) is 18.9. The lowest BCUT2D eigenvalue weighted by molar-refractivity contribution is 0.103. The maximum absolute atomic E-state index is 15.3. The summed E-state index contributed by atoms with van der Waals surface area (Å²) in [5, 5.41) is 9.54. The van der Waals surface area contributed by atoms with Crippen LogP contribution in [0.25, 0.3) is 22.2 Å². The molecule has 1 aliphatic heterocycles. The zero-order chi connectivity index (χ0) is 21.4. The molecule has 0 radical (unpaired) electrons. The summed E-state index contributed by atoms with van der Waals surface area (Å²) in [5.41, 5.74) is 3.29. The van der Waals surface area contributed by atoms with Gasteiger partial charge in [0.05, 0.1) is 11.3 Å². The molecule has 6 nitrogen and oxygen atoms in total. The Morgan fingerprint density at radius 3 is 2.61 bits per heavy atom. The normalized spacial score (nSPS) is 13.5. The van der Waals surface area contributed by atoms with Gasteiger partial charge in [0.1, 0.15) is 17.4 Å². The molecule has 152 valence electrons. The molecule has 0 aliphatic carbocycles. The van der Waals surface area contributed by atoms with Gasteiger partial charge in [0.2, 0.25) is 0 Å².